The number of aliphatic hydroxyl groups is 1. The lowest BCUT2D eigenvalue weighted by Gasteiger charge is -2.26. The van der Waals surface area contributed by atoms with Gasteiger partial charge in [-0.15, -0.1) is 0 Å². The topological polar surface area (TPSA) is 58.7 Å². The number of rotatable bonds is 6. The zero-order chi connectivity index (χ0) is 19.2. The van der Waals surface area contributed by atoms with Crippen molar-refractivity contribution in [3.05, 3.63) is 89.5 Å². The molecule has 1 fully saturated rings. The molecule has 0 amide bonds. The number of aromatic nitrogens is 1. The number of aliphatic hydroxyl groups excluding tert-OH is 1. The van der Waals surface area contributed by atoms with Crippen LogP contribution in [-0.4, -0.2) is 36.4 Å². The summed E-state index contributed by atoms with van der Waals surface area (Å²) in [7, 11) is 0. The molecule has 0 saturated carbocycles. The fourth-order valence-electron chi connectivity index (χ4n) is 3.25. The van der Waals surface area contributed by atoms with Crippen LogP contribution in [0.15, 0.2) is 71.2 Å². The summed E-state index contributed by atoms with van der Waals surface area (Å²) >= 11 is 0. The predicted molar refractivity (Wildman–Crippen MR) is 109 cm³/mol. The largest absolute Gasteiger partial charge is 0.422 e. The number of hydrogen-bond donors (Lipinski definition) is 1. The Morgan fingerprint density at radius 1 is 1.00 bits per heavy atom. The lowest BCUT2D eigenvalue weighted by Crippen LogP contribution is -2.36. The molecule has 144 valence electrons. The highest BCUT2D eigenvalue weighted by atomic mass is 16.5. The van der Waals surface area contributed by atoms with Crippen LogP contribution in [0.1, 0.15) is 28.8 Å². The van der Waals surface area contributed by atoms with Gasteiger partial charge in [0.05, 0.1) is 13.2 Å². The molecule has 1 aliphatic rings. The molecule has 1 atom stereocenters. The van der Waals surface area contributed by atoms with Crippen LogP contribution >= 0.6 is 0 Å². The normalized spacial score (nSPS) is 15.8. The smallest absolute Gasteiger partial charge is 0.230 e. The first-order valence-corrected chi connectivity index (χ1v) is 9.57. The predicted octanol–water partition coefficient (Wildman–Crippen LogP) is 3.85. The fourth-order valence-corrected chi connectivity index (χ4v) is 3.25. The number of morpholine rings is 1. The summed E-state index contributed by atoms with van der Waals surface area (Å²) < 4.78 is 11.5. The molecular weight excluding hydrogens is 352 g/mol. The number of anilines is 1. The molecule has 1 saturated heterocycles. The van der Waals surface area contributed by atoms with E-state index in [0.717, 1.165) is 35.8 Å². The van der Waals surface area contributed by atoms with Crippen molar-refractivity contribution < 1.29 is 14.3 Å². The number of oxazole rings is 1. The first-order valence-electron chi connectivity index (χ1n) is 9.57. The third-order valence-electron chi connectivity index (χ3n) is 4.73. The van der Waals surface area contributed by atoms with Crippen molar-refractivity contribution in [1.82, 2.24) is 4.98 Å². The van der Waals surface area contributed by atoms with Gasteiger partial charge in [0.25, 0.3) is 0 Å². The molecule has 2 heterocycles. The quantitative estimate of drug-likeness (QED) is 0.708. The molecule has 5 heteroatoms. The maximum absolute atomic E-state index is 10.6. The van der Waals surface area contributed by atoms with Crippen LogP contribution in [0.2, 0.25) is 0 Å². The second-order valence-corrected chi connectivity index (χ2v) is 6.78. The first kappa shape index (κ1) is 18.5. The zero-order valence-corrected chi connectivity index (χ0v) is 15.7. The van der Waals surface area contributed by atoms with Crippen molar-refractivity contribution in [2.75, 3.05) is 31.2 Å². The van der Waals surface area contributed by atoms with Crippen LogP contribution in [0.5, 0.6) is 0 Å². The molecule has 1 aromatic heterocycles. The molecule has 0 bridgehead atoms. The summed E-state index contributed by atoms with van der Waals surface area (Å²) in [6, 6.07) is 20.0. The Kier molecular flexibility index (Phi) is 5.85. The molecule has 4 rings (SSSR count). The lowest BCUT2D eigenvalue weighted by atomic mass is 10.1. The van der Waals surface area contributed by atoms with Crippen LogP contribution in [0, 0.1) is 0 Å². The minimum absolute atomic E-state index is 0.319. The zero-order valence-electron chi connectivity index (χ0n) is 15.7. The van der Waals surface area contributed by atoms with Gasteiger partial charge in [0.15, 0.2) is 0 Å². The van der Waals surface area contributed by atoms with Gasteiger partial charge in [-0.3, -0.25) is 0 Å². The average Bonchev–Trinajstić information content (AvgIpc) is 3.18. The Labute approximate surface area is 164 Å². The van der Waals surface area contributed by atoms with Crippen molar-refractivity contribution in [1.29, 1.82) is 0 Å². The van der Waals surface area contributed by atoms with E-state index in [9.17, 15) is 5.11 Å². The van der Waals surface area contributed by atoms with Gasteiger partial charge in [0.2, 0.25) is 11.8 Å². The molecule has 2 aromatic carbocycles. The van der Waals surface area contributed by atoms with Crippen molar-refractivity contribution in [2.24, 2.45) is 0 Å². The fraction of sp³-hybridized carbons (Fsp3) is 0.261. The van der Waals surface area contributed by atoms with Crippen LogP contribution < -0.4 is 4.90 Å². The first-order chi connectivity index (χ1) is 13.8. The van der Waals surface area contributed by atoms with E-state index in [2.05, 4.69) is 22.0 Å². The minimum Gasteiger partial charge on any atom is -0.422 e. The van der Waals surface area contributed by atoms with Crippen LogP contribution in [-0.2, 0) is 11.2 Å². The average molecular weight is 376 g/mol. The molecule has 0 spiro atoms. The van der Waals surface area contributed by atoms with Crippen LogP contribution in [0.3, 0.4) is 0 Å². The number of hydrogen-bond acceptors (Lipinski definition) is 5. The Morgan fingerprint density at radius 2 is 1.68 bits per heavy atom. The van der Waals surface area contributed by atoms with Crippen molar-refractivity contribution in [2.45, 2.75) is 12.5 Å². The Hall–Kier alpha value is -2.89. The SMILES string of the molecule is O[C@@H](/C=C/c1ccccc1)c1nc(Cc2ccccc2)c(N2CCOCC2)o1. The van der Waals surface area contributed by atoms with Crippen molar-refractivity contribution in [3.8, 4) is 0 Å². The van der Waals surface area contributed by atoms with Crippen molar-refractivity contribution in [3.63, 3.8) is 0 Å². The minimum atomic E-state index is -0.899. The van der Waals surface area contributed by atoms with E-state index in [4.69, 9.17) is 9.15 Å². The maximum atomic E-state index is 10.6. The Balaban J connectivity index is 1.59. The highest BCUT2D eigenvalue weighted by Crippen LogP contribution is 2.29. The molecule has 28 heavy (non-hydrogen) atoms. The molecule has 0 radical (unpaired) electrons. The van der Waals surface area contributed by atoms with Crippen LogP contribution in [0.25, 0.3) is 6.08 Å². The number of nitrogens with zero attached hydrogens (tertiary/aromatic N) is 2. The summed E-state index contributed by atoms with van der Waals surface area (Å²) in [4.78, 5) is 6.79. The van der Waals surface area contributed by atoms with Gasteiger partial charge in [-0.2, -0.15) is 0 Å². The van der Waals surface area contributed by atoms with Gasteiger partial charge in [0.1, 0.15) is 11.8 Å². The van der Waals surface area contributed by atoms with Crippen molar-refractivity contribution >= 4 is 12.0 Å². The van der Waals surface area contributed by atoms with E-state index in [1.54, 1.807) is 6.08 Å². The van der Waals surface area contributed by atoms with Gasteiger partial charge >= 0.3 is 0 Å². The molecule has 0 aliphatic carbocycles. The summed E-state index contributed by atoms with van der Waals surface area (Å²) in [5.41, 5.74) is 3.02. The second-order valence-electron chi connectivity index (χ2n) is 6.78. The monoisotopic (exact) mass is 376 g/mol. The molecular formula is C23H24N2O3. The Bertz CT molecular complexity index is 900. The van der Waals surface area contributed by atoms with E-state index < -0.39 is 6.10 Å². The third kappa shape index (κ3) is 4.50. The van der Waals surface area contributed by atoms with Gasteiger partial charge in [0, 0.05) is 19.5 Å². The van der Waals surface area contributed by atoms with Gasteiger partial charge in [-0.1, -0.05) is 66.7 Å². The number of ether oxygens (including phenoxy) is 1. The summed E-state index contributed by atoms with van der Waals surface area (Å²) in [6.45, 7) is 2.84. The van der Waals surface area contributed by atoms with Crippen LogP contribution in [0.4, 0.5) is 5.88 Å². The lowest BCUT2D eigenvalue weighted by molar-refractivity contribution is 0.120. The molecule has 0 unspecified atom stereocenters. The van der Waals surface area contributed by atoms with E-state index in [1.165, 1.54) is 0 Å². The Morgan fingerprint density at radius 3 is 2.39 bits per heavy atom. The third-order valence-corrected chi connectivity index (χ3v) is 4.73. The maximum Gasteiger partial charge on any atom is 0.230 e. The molecule has 5 nitrogen and oxygen atoms in total. The highest BCUT2D eigenvalue weighted by Gasteiger charge is 2.23. The molecule has 3 aromatic rings. The molecule has 1 N–H and O–H groups in total. The standard InChI is InChI=1S/C23H24N2O3/c26-21(12-11-18-7-3-1-4-8-18)22-24-20(17-19-9-5-2-6-10-19)23(28-22)25-13-15-27-16-14-25/h1-12,21,26H,13-17H2/b12-11+/t21-/m0/s1. The second kappa shape index (κ2) is 8.87. The molecule has 1 aliphatic heterocycles. The van der Waals surface area contributed by atoms with E-state index in [-0.39, 0.29) is 0 Å². The highest BCUT2D eigenvalue weighted by molar-refractivity contribution is 5.50. The van der Waals surface area contributed by atoms with E-state index in [0.29, 0.717) is 25.5 Å². The summed E-state index contributed by atoms with van der Waals surface area (Å²) in [6.07, 6.45) is 3.34. The van der Waals surface area contributed by atoms with Gasteiger partial charge in [-0.25, -0.2) is 4.98 Å². The summed E-state index contributed by atoms with van der Waals surface area (Å²) in [5.74, 6) is 1.05. The van der Waals surface area contributed by atoms with E-state index in [1.807, 2.05) is 54.6 Å². The summed E-state index contributed by atoms with van der Waals surface area (Å²) in [5, 5.41) is 10.6. The van der Waals surface area contributed by atoms with Gasteiger partial charge in [-0.05, 0) is 17.2 Å². The number of benzene rings is 2. The van der Waals surface area contributed by atoms with Gasteiger partial charge < -0.3 is 19.2 Å². The van der Waals surface area contributed by atoms with E-state index >= 15 is 0 Å².